The second-order valence-corrected chi connectivity index (χ2v) is 11.2. The van der Waals surface area contributed by atoms with Gasteiger partial charge in [0.2, 0.25) is 0 Å². The number of aryl methyl sites for hydroxylation is 6. The highest BCUT2D eigenvalue weighted by atomic mass is 15.1. The summed E-state index contributed by atoms with van der Waals surface area (Å²) >= 11 is 0. The Balaban J connectivity index is 0.000000238. The van der Waals surface area contributed by atoms with Gasteiger partial charge in [-0.05, 0) is 117 Å². The van der Waals surface area contributed by atoms with Crippen LogP contribution in [0.4, 0.5) is 0 Å². The van der Waals surface area contributed by atoms with Crippen LogP contribution >= 0.6 is 0 Å². The van der Waals surface area contributed by atoms with Crippen LogP contribution in [0.3, 0.4) is 0 Å². The first-order valence-electron chi connectivity index (χ1n) is 14.7. The number of nitrogens with zero attached hydrogens (tertiary/aromatic N) is 1. The molecule has 3 aromatic rings. The molecule has 0 aromatic heterocycles. The normalized spacial score (nSPS) is 15.2. The molecular weight excluding hydrogens is 460 g/mol. The van der Waals surface area contributed by atoms with Gasteiger partial charge in [-0.1, -0.05) is 108 Å². The summed E-state index contributed by atoms with van der Waals surface area (Å²) in [6.45, 7) is 20.1. The topological polar surface area (TPSA) is 15.3 Å². The Hall–Kier alpha value is -2.42. The Kier molecular flexibility index (Phi) is 18.2. The van der Waals surface area contributed by atoms with Crippen LogP contribution in [0.2, 0.25) is 0 Å². The van der Waals surface area contributed by atoms with Gasteiger partial charge in [0.25, 0.3) is 0 Å². The highest BCUT2D eigenvalue weighted by molar-refractivity contribution is 5.23. The standard InChI is InChI=1S/3C8H10.2C6H13N/c1-7-3-5-8(2)6-4-7;1-7-4-3-5-8(2)6-7;1-7-5-3-4-6-8(7)2;1-6-2-4-7-5-3-6;1-7-5-3-2-4-6-7/h3*3-6H,1-2H3;6-7H,2-5H2,1H3;2-6H2,1H3. The second-order valence-electron chi connectivity index (χ2n) is 11.2. The lowest BCUT2D eigenvalue weighted by Gasteiger charge is -2.20. The van der Waals surface area contributed by atoms with E-state index in [0.29, 0.717) is 0 Å². The Labute approximate surface area is 235 Å². The molecular formula is C36H56N2. The third-order valence-corrected chi connectivity index (χ3v) is 7.02. The molecule has 1 N–H and O–H groups in total. The fraction of sp³-hybridized carbons (Fsp3) is 0.500. The van der Waals surface area contributed by atoms with Crippen molar-refractivity contribution in [3.05, 3.63) is 106 Å². The molecule has 210 valence electrons. The SMILES string of the molecule is CC1CCNCC1.CN1CCCCC1.Cc1ccc(C)cc1.Cc1cccc(C)c1.Cc1ccccc1C. The van der Waals surface area contributed by atoms with E-state index in [1.807, 2.05) is 0 Å². The largest absolute Gasteiger partial charge is 0.317 e. The number of rotatable bonds is 0. The smallest absolute Gasteiger partial charge is 0.00218 e. The van der Waals surface area contributed by atoms with Crippen molar-refractivity contribution in [2.75, 3.05) is 33.2 Å². The van der Waals surface area contributed by atoms with Crippen molar-refractivity contribution >= 4 is 0 Å². The van der Waals surface area contributed by atoms with Crippen LogP contribution in [-0.4, -0.2) is 38.1 Å². The highest BCUT2D eigenvalue weighted by Crippen LogP contribution is 2.08. The van der Waals surface area contributed by atoms with E-state index in [-0.39, 0.29) is 0 Å². The van der Waals surface area contributed by atoms with Gasteiger partial charge >= 0.3 is 0 Å². The van der Waals surface area contributed by atoms with Crippen LogP contribution in [0.25, 0.3) is 0 Å². The van der Waals surface area contributed by atoms with Gasteiger partial charge in [0, 0.05) is 0 Å². The van der Waals surface area contributed by atoms with Crippen molar-refractivity contribution < 1.29 is 0 Å². The van der Waals surface area contributed by atoms with E-state index in [2.05, 4.69) is 139 Å². The first kappa shape index (κ1) is 33.6. The third kappa shape index (κ3) is 17.9. The summed E-state index contributed by atoms with van der Waals surface area (Å²) < 4.78 is 0. The Morgan fingerprint density at radius 3 is 1.29 bits per heavy atom. The maximum absolute atomic E-state index is 3.32. The van der Waals surface area contributed by atoms with Crippen LogP contribution in [0, 0.1) is 47.5 Å². The molecule has 2 heterocycles. The molecule has 2 heteroatoms. The number of hydrogen-bond donors (Lipinski definition) is 1. The minimum Gasteiger partial charge on any atom is -0.317 e. The Morgan fingerprint density at radius 2 is 1.03 bits per heavy atom. The summed E-state index contributed by atoms with van der Waals surface area (Å²) in [6, 6.07) is 25.3. The average molecular weight is 517 g/mol. The van der Waals surface area contributed by atoms with Crippen molar-refractivity contribution in [1.82, 2.24) is 10.2 Å². The summed E-state index contributed by atoms with van der Waals surface area (Å²) in [7, 11) is 2.19. The average Bonchev–Trinajstić information content (AvgIpc) is 2.90. The quantitative estimate of drug-likeness (QED) is 0.321. The van der Waals surface area contributed by atoms with Crippen molar-refractivity contribution in [2.24, 2.45) is 5.92 Å². The second kappa shape index (κ2) is 20.5. The predicted octanol–water partition coefficient (Wildman–Crippen LogP) is 9.02. The molecule has 5 rings (SSSR count). The van der Waals surface area contributed by atoms with Gasteiger partial charge in [-0.15, -0.1) is 0 Å². The van der Waals surface area contributed by atoms with E-state index in [1.54, 1.807) is 0 Å². The molecule has 0 unspecified atom stereocenters. The van der Waals surface area contributed by atoms with Crippen LogP contribution in [0.5, 0.6) is 0 Å². The minimum absolute atomic E-state index is 0.973. The molecule has 0 bridgehead atoms. The van der Waals surface area contributed by atoms with Crippen molar-refractivity contribution in [3.8, 4) is 0 Å². The Morgan fingerprint density at radius 1 is 0.579 bits per heavy atom. The zero-order chi connectivity index (χ0) is 28.2. The molecule has 2 aliphatic heterocycles. The molecule has 2 aliphatic rings. The van der Waals surface area contributed by atoms with Gasteiger partial charge in [-0.3, -0.25) is 0 Å². The first-order valence-corrected chi connectivity index (χ1v) is 14.7. The number of piperidine rings is 2. The number of likely N-dealkylation sites (tertiary alicyclic amines) is 1. The summed E-state index contributed by atoms with van der Waals surface area (Å²) in [4.78, 5) is 2.39. The molecule has 38 heavy (non-hydrogen) atoms. The molecule has 2 saturated heterocycles. The molecule has 3 aromatic carbocycles. The van der Waals surface area contributed by atoms with Gasteiger partial charge in [0.1, 0.15) is 0 Å². The van der Waals surface area contributed by atoms with E-state index in [4.69, 9.17) is 0 Å². The molecule has 2 nitrogen and oxygen atoms in total. The fourth-order valence-corrected chi connectivity index (χ4v) is 4.12. The Bertz CT molecular complexity index is 889. The summed E-state index contributed by atoms with van der Waals surface area (Å²) in [6.07, 6.45) is 7.03. The number of nitrogens with one attached hydrogen (secondary N) is 1. The third-order valence-electron chi connectivity index (χ3n) is 7.02. The minimum atomic E-state index is 0.973. The molecule has 0 amide bonds. The van der Waals surface area contributed by atoms with Crippen LogP contribution < -0.4 is 5.32 Å². The predicted molar refractivity (Wildman–Crippen MR) is 170 cm³/mol. The molecule has 2 fully saturated rings. The van der Waals surface area contributed by atoms with E-state index < -0.39 is 0 Å². The maximum Gasteiger partial charge on any atom is -0.00218 e. The van der Waals surface area contributed by atoms with E-state index in [1.165, 1.54) is 91.7 Å². The summed E-state index contributed by atoms with van der Waals surface area (Å²) in [5.74, 6) is 0.973. The molecule has 0 aliphatic carbocycles. The zero-order valence-electron chi connectivity index (χ0n) is 25.8. The number of hydrogen-bond acceptors (Lipinski definition) is 2. The molecule has 0 spiro atoms. The molecule has 0 radical (unpaired) electrons. The van der Waals surface area contributed by atoms with Gasteiger partial charge in [-0.2, -0.15) is 0 Å². The number of benzene rings is 3. The lowest BCUT2D eigenvalue weighted by Crippen LogP contribution is -2.26. The maximum atomic E-state index is 3.32. The van der Waals surface area contributed by atoms with Crippen molar-refractivity contribution in [3.63, 3.8) is 0 Å². The monoisotopic (exact) mass is 516 g/mol. The fourth-order valence-electron chi connectivity index (χ4n) is 4.12. The van der Waals surface area contributed by atoms with Gasteiger partial charge in [0.05, 0.1) is 0 Å². The lowest BCUT2D eigenvalue weighted by atomic mass is 10.0. The first-order chi connectivity index (χ1) is 18.2. The van der Waals surface area contributed by atoms with E-state index in [0.717, 1.165) is 5.92 Å². The van der Waals surface area contributed by atoms with E-state index in [9.17, 15) is 0 Å². The summed E-state index contributed by atoms with van der Waals surface area (Å²) in [5, 5.41) is 3.32. The van der Waals surface area contributed by atoms with Crippen LogP contribution in [-0.2, 0) is 0 Å². The van der Waals surface area contributed by atoms with E-state index >= 15 is 0 Å². The zero-order valence-corrected chi connectivity index (χ0v) is 25.8. The van der Waals surface area contributed by atoms with Gasteiger partial charge < -0.3 is 10.2 Å². The lowest BCUT2D eigenvalue weighted by molar-refractivity contribution is 0.277. The van der Waals surface area contributed by atoms with Crippen molar-refractivity contribution in [2.45, 2.75) is 80.6 Å². The summed E-state index contributed by atoms with van der Waals surface area (Å²) in [5.41, 5.74) is 8.07. The van der Waals surface area contributed by atoms with Crippen LogP contribution in [0.15, 0.2) is 72.8 Å². The highest BCUT2D eigenvalue weighted by Gasteiger charge is 2.05. The molecule has 0 saturated carbocycles. The van der Waals surface area contributed by atoms with Crippen LogP contribution in [0.1, 0.15) is 72.4 Å². The van der Waals surface area contributed by atoms with Crippen molar-refractivity contribution in [1.29, 1.82) is 0 Å². The van der Waals surface area contributed by atoms with Gasteiger partial charge in [0.15, 0.2) is 0 Å². The van der Waals surface area contributed by atoms with Gasteiger partial charge in [-0.25, -0.2) is 0 Å². The molecule has 0 atom stereocenters.